The van der Waals surface area contributed by atoms with Gasteiger partial charge in [0.1, 0.15) is 0 Å². The average Bonchev–Trinajstić information content (AvgIpc) is 3.16. The Morgan fingerprint density at radius 3 is 2.64 bits per heavy atom. The second-order valence-electron chi connectivity index (χ2n) is 6.28. The molecular formula is C20H13ClN6O. The number of hydrogen-bond acceptors (Lipinski definition) is 5. The molecule has 4 heterocycles. The van der Waals surface area contributed by atoms with Gasteiger partial charge in [0.05, 0.1) is 23.1 Å². The maximum absolute atomic E-state index is 12.9. The Labute approximate surface area is 163 Å². The van der Waals surface area contributed by atoms with E-state index in [1.165, 1.54) is 0 Å². The van der Waals surface area contributed by atoms with Gasteiger partial charge in [0.15, 0.2) is 5.82 Å². The van der Waals surface area contributed by atoms with Gasteiger partial charge >= 0.3 is 0 Å². The summed E-state index contributed by atoms with van der Waals surface area (Å²) in [5.74, 6) is 0.952. The zero-order valence-electron chi connectivity index (χ0n) is 14.5. The van der Waals surface area contributed by atoms with Crippen molar-refractivity contribution in [2.45, 2.75) is 6.54 Å². The minimum absolute atomic E-state index is 0.152. The first-order chi connectivity index (χ1) is 13.7. The molecule has 136 valence electrons. The van der Waals surface area contributed by atoms with E-state index in [4.69, 9.17) is 11.6 Å². The number of pyridine rings is 2. The fourth-order valence-electron chi connectivity index (χ4n) is 3.07. The lowest BCUT2D eigenvalue weighted by Crippen LogP contribution is -2.21. The molecule has 0 aliphatic rings. The van der Waals surface area contributed by atoms with Gasteiger partial charge in [-0.05, 0) is 42.5 Å². The molecule has 0 saturated carbocycles. The number of nitrogens with zero attached hydrogens (tertiary/aromatic N) is 6. The molecule has 1 aromatic carbocycles. The molecule has 0 aliphatic carbocycles. The van der Waals surface area contributed by atoms with Crippen LogP contribution in [0.25, 0.3) is 28.1 Å². The van der Waals surface area contributed by atoms with E-state index in [0.29, 0.717) is 34.1 Å². The zero-order valence-corrected chi connectivity index (χ0v) is 15.3. The lowest BCUT2D eigenvalue weighted by atomic mass is 10.2. The Morgan fingerprint density at radius 2 is 1.86 bits per heavy atom. The quantitative estimate of drug-likeness (QED) is 0.474. The molecular weight excluding hydrogens is 376 g/mol. The molecule has 0 spiro atoms. The summed E-state index contributed by atoms with van der Waals surface area (Å²) < 4.78 is 3.20. The lowest BCUT2D eigenvalue weighted by molar-refractivity contribution is 0.745. The Morgan fingerprint density at radius 1 is 1.00 bits per heavy atom. The van der Waals surface area contributed by atoms with Crippen molar-refractivity contribution in [1.82, 2.24) is 29.1 Å². The van der Waals surface area contributed by atoms with E-state index in [0.717, 1.165) is 11.3 Å². The number of benzene rings is 1. The van der Waals surface area contributed by atoms with E-state index < -0.39 is 0 Å². The Balaban J connectivity index is 1.63. The summed E-state index contributed by atoms with van der Waals surface area (Å²) in [6.45, 7) is 0.390. The van der Waals surface area contributed by atoms with Crippen molar-refractivity contribution in [3.63, 3.8) is 0 Å². The molecule has 4 aromatic heterocycles. The third-order valence-corrected chi connectivity index (χ3v) is 4.72. The first-order valence-corrected chi connectivity index (χ1v) is 8.98. The fraction of sp³-hybridized carbons (Fsp3) is 0.0500. The van der Waals surface area contributed by atoms with Crippen LogP contribution in [-0.4, -0.2) is 29.1 Å². The highest BCUT2D eigenvalue weighted by atomic mass is 35.5. The Bertz CT molecular complexity index is 1360. The molecule has 7 nitrogen and oxygen atoms in total. The molecule has 28 heavy (non-hydrogen) atoms. The predicted molar refractivity (Wildman–Crippen MR) is 106 cm³/mol. The SMILES string of the molecule is O=c1c2cnc3nc(-c4ccc(Cl)cc4)nn3c2ccn1Cc1ccccn1. The standard InChI is InChI=1S/C20H13ClN6O/c21-14-6-4-13(5-7-14)18-24-20-23-11-16-17(27(20)25-18)8-10-26(19(16)28)12-15-3-1-2-9-22-15/h1-11H,12H2. The number of aromatic nitrogens is 6. The smallest absolute Gasteiger partial charge is 0.261 e. The van der Waals surface area contributed by atoms with E-state index in [9.17, 15) is 4.79 Å². The minimum Gasteiger partial charge on any atom is -0.309 e. The van der Waals surface area contributed by atoms with Crippen LogP contribution in [0.3, 0.4) is 0 Å². The summed E-state index contributed by atoms with van der Waals surface area (Å²) in [5.41, 5.74) is 2.14. The summed E-state index contributed by atoms with van der Waals surface area (Å²) in [4.78, 5) is 26.0. The van der Waals surface area contributed by atoms with Gasteiger partial charge in [0, 0.05) is 29.2 Å². The Hall–Kier alpha value is -3.58. The van der Waals surface area contributed by atoms with Crippen molar-refractivity contribution in [1.29, 1.82) is 0 Å². The molecule has 8 heteroatoms. The Kier molecular flexibility index (Phi) is 3.87. The first kappa shape index (κ1) is 16.6. The summed E-state index contributed by atoms with van der Waals surface area (Å²) in [6.07, 6.45) is 4.99. The van der Waals surface area contributed by atoms with Crippen LogP contribution in [0, 0.1) is 0 Å². The lowest BCUT2D eigenvalue weighted by Gasteiger charge is -2.07. The van der Waals surface area contributed by atoms with Crippen molar-refractivity contribution in [3.8, 4) is 11.4 Å². The summed E-state index contributed by atoms with van der Waals surface area (Å²) in [7, 11) is 0. The van der Waals surface area contributed by atoms with Crippen LogP contribution in [0.1, 0.15) is 5.69 Å². The zero-order chi connectivity index (χ0) is 19.1. The third-order valence-electron chi connectivity index (χ3n) is 4.47. The molecule has 5 rings (SSSR count). The first-order valence-electron chi connectivity index (χ1n) is 8.60. The second-order valence-corrected chi connectivity index (χ2v) is 6.72. The van der Waals surface area contributed by atoms with Gasteiger partial charge in [0.25, 0.3) is 11.3 Å². The maximum atomic E-state index is 12.9. The van der Waals surface area contributed by atoms with Gasteiger partial charge in [-0.15, -0.1) is 5.10 Å². The molecule has 0 aliphatic heterocycles. The summed E-state index contributed by atoms with van der Waals surface area (Å²) >= 11 is 5.95. The molecule has 0 bridgehead atoms. The van der Waals surface area contributed by atoms with Crippen LogP contribution in [0.15, 0.2) is 71.9 Å². The molecule has 0 amide bonds. The maximum Gasteiger partial charge on any atom is 0.261 e. The summed E-state index contributed by atoms with van der Waals surface area (Å²) in [6, 6.07) is 14.7. The largest absolute Gasteiger partial charge is 0.309 e. The molecule has 0 radical (unpaired) electrons. The highest BCUT2D eigenvalue weighted by Crippen LogP contribution is 2.20. The van der Waals surface area contributed by atoms with Crippen LogP contribution < -0.4 is 5.56 Å². The monoisotopic (exact) mass is 388 g/mol. The van der Waals surface area contributed by atoms with Crippen molar-refractivity contribution < 1.29 is 0 Å². The normalized spacial score (nSPS) is 11.3. The van der Waals surface area contributed by atoms with E-state index in [1.807, 2.05) is 36.4 Å². The average molecular weight is 389 g/mol. The van der Waals surface area contributed by atoms with E-state index >= 15 is 0 Å². The second kappa shape index (κ2) is 6.54. The molecule has 5 aromatic rings. The number of hydrogen-bond donors (Lipinski definition) is 0. The fourth-order valence-corrected chi connectivity index (χ4v) is 3.20. The summed E-state index contributed by atoms with van der Waals surface area (Å²) in [5, 5.41) is 5.65. The van der Waals surface area contributed by atoms with E-state index in [2.05, 4.69) is 20.1 Å². The van der Waals surface area contributed by atoms with Crippen LogP contribution in [-0.2, 0) is 6.54 Å². The number of fused-ring (bicyclic) bond motifs is 3. The molecule has 0 N–H and O–H groups in total. The van der Waals surface area contributed by atoms with Gasteiger partial charge < -0.3 is 4.57 Å². The van der Waals surface area contributed by atoms with Crippen molar-refractivity contribution in [3.05, 3.63) is 88.2 Å². The predicted octanol–water partition coefficient (Wildman–Crippen LogP) is 3.20. The van der Waals surface area contributed by atoms with E-state index in [1.54, 1.807) is 39.8 Å². The van der Waals surface area contributed by atoms with Crippen molar-refractivity contribution in [2.24, 2.45) is 0 Å². The highest BCUT2D eigenvalue weighted by Gasteiger charge is 2.13. The van der Waals surface area contributed by atoms with Gasteiger partial charge in [0.2, 0.25) is 0 Å². The minimum atomic E-state index is -0.152. The van der Waals surface area contributed by atoms with E-state index in [-0.39, 0.29) is 5.56 Å². The van der Waals surface area contributed by atoms with Gasteiger partial charge in [-0.3, -0.25) is 9.78 Å². The number of rotatable bonds is 3. The number of halogens is 1. The van der Waals surface area contributed by atoms with Gasteiger partial charge in [-0.1, -0.05) is 17.7 Å². The third kappa shape index (κ3) is 2.82. The van der Waals surface area contributed by atoms with Gasteiger partial charge in [-0.25, -0.2) is 4.98 Å². The molecule has 0 fully saturated rings. The molecule has 0 saturated heterocycles. The topological polar surface area (TPSA) is 78.0 Å². The van der Waals surface area contributed by atoms with Crippen LogP contribution in [0.5, 0.6) is 0 Å². The molecule has 0 atom stereocenters. The van der Waals surface area contributed by atoms with Crippen LogP contribution in [0.2, 0.25) is 5.02 Å². The van der Waals surface area contributed by atoms with Crippen LogP contribution in [0.4, 0.5) is 0 Å². The van der Waals surface area contributed by atoms with Crippen LogP contribution >= 0.6 is 11.6 Å². The van der Waals surface area contributed by atoms with Crippen molar-refractivity contribution in [2.75, 3.05) is 0 Å². The van der Waals surface area contributed by atoms with Crippen molar-refractivity contribution >= 4 is 28.3 Å². The molecule has 0 unspecified atom stereocenters. The highest BCUT2D eigenvalue weighted by molar-refractivity contribution is 6.30. The van der Waals surface area contributed by atoms with Gasteiger partial charge in [-0.2, -0.15) is 9.50 Å².